The summed E-state index contributed by atoms with van der Waals surface area (Å²) in [5, 5.41) is 11.3. The van der Waals surface area contributed by atoms with Gasteiger partial charge in [-0.3, -0.25) is 0 Å². The van der Waals surface area contributed by atoms with Crippen LogP contribution >= 0.6 is 11.3 Å². The Labute approximate surface area is 145 Å². The first-order valence-electron chi connectivity index (χ1n) is 7.75. The van der Waals surface area contributed by atoms with E-state index in [1.54, 1.807) is 5.38 Å². The van der Waals surface area contributed by atoms with E-state index in [1.165, 1.54) is 22.6 Å². The van der Waals surface area contributed by atoms with Gasteiger partial charge in [0.25, 0.3) is 0 Å². The molecule has 1 N–H and O–H groups in total. The number of aromatic nitrogens is 1. The van der Waals surface area contributed by atoms with Gasteiger partial charge in [-0.15, -0.1) is 11.3 Å². The third-order valence-electron chi connectivity index (χ3n) is 3.80. The number of para-hydroxylation sites is 1. The fourth-order valence-corrected chi connectivity index (χ4v) is 3.30. The van der Waals surface area contributed by atoms with Gasteiger partial charge in [0.05, 0.1) is 0 Å². The van der Waals surface area contributed by atoms with E-state index < -0.39 is 5.97 Å². The van der Waals surface area contributed by atoms with Crippen LogP contribution in [0, 0.1) is 0 Å². The third-order valence-corrected chi connectivity index (χ3v) is 4.69. The highest BCUT2D eigenvalue weighted by Crippen LogP contribution is 2.25. The molecular formula is C19H18N2O2S. The Morgan fingerprint density at radius 2 is 1.83 bits per heavy atom. The zero-order valence-electron chi connectivity index (χ0n) is 13.3. The molecule has 0 aliphatic rings. The molecular weight excluding hydrogens is 320 g/mol. The van der Waals surface area contributed by atoms with Gasteiger partial charge in [-0.25, -0.2) is 9.78 Å². The lowest BCUT2D eigenvalue weighted by Crippen LogP contribution is -2.21. The van der Waals surface area contributed by atoms with Crippen LogP contribution in [0.2, 0.25) is 0 Å². The summed E-state index contributed by atoms with van der Waals surface area (Å²) in [6, 6.07) is 18.5. The second-order valence-electron chi connectivity index (χ2n) is 5.39. The highest BCUT2D eigenvalue weighted by Gasteiger charge is 2.10. The molecule has 0 amide bonds. The number of hydrogen-bond acceptors (Lipinski definition) is 4. The first kappa shape index (κ1) is 16.2. The summed E-state index contributed by atoms with van der Waals surface area (Å²) < 4.78 is 0. The monoisotopic (exact) mass is 338 g/mol. The fraction of sp³-hybridized carbons (Fsp3) is 0.158. The summed E-state index contributed by atoms with van der Waals surface area (Å²) >= 11 is 1.35. The van der Waals surface area contributed by atoms with Gasteiger partial charge < -0.3 is 10.0 Å². The lowest BCUT2D eigenvalue weighted by Gasteiger charge is -2.23. The number of thiazole rings is 1. The molecule has 0 atom stereocenters. The van der Waals surface area contributed by atoms with Gasteiger partial charge in [-0.2, -0.15) is 0 Å². The van der Waals surface area contributed by atoms with Crippen molar-refractivity contribution in [1.29, 1.82) is 0 Å². The molecule has 2 aromatic carbocycles. The zero-order valence-corrected chi connectivity index (χ0v) is 14.2. The Morgan fingerprint density at radius 3 is 2.42 bits per heavy atom. The average Bonchev–Trinajstić information content (AvgIpc) is 3.11. The van der Waals surface area contributed by atoms with Crippen LogP contribution < -0.4 is 4.90 Å². The Morgan fingerprint density at radius 1 is 1.12 bits per heavy atom. The van der Waals surface area contributed by atoms with Crippen molar-refractivity contribution in [3.8, 4) is 10.6 Å². The van der Waals surface area contributed by atoms with Crippen LogP contribution in [0.4, 0.5) is 5.69 Å². The molecule has 0 aliphatic carbocycles. The van der Waals surface area contributed by atoms with Gasteiger partial charge in [0.15, 0.2) is 5.69 Å². The molecule has 0 fully saturated rings. The minimum Gasteiger partial charge on any atom is -0.476 e. The molecule has 1 heterocycles. The molecule has 1 aromatic heterocycles. The number of rotatable bonds is 6. The van der Waals surface area contributed by atoms with E-state index in [1.807, 2.05) is 30.3 Å². The molecule has 0 bridgehead atoms. The van der Waals surface area contributed by atoms with Crippen molar-refractivity contribution in [2.24, 2.45) is 0 Å². The summed E-state index contributed by atoms with van der Waals surface area (Å²) in [6.07, 6.45) is 0. The molecule has 0 aliphatic heterocycles. The number of anilines is 1. The van der Waals surface area contributed by atoms with Crippen LogP contribution in [0.25, 0.3) is 10.6 Å². The van der Waals surface area contributed by atoms with Crippen molar-refractivity contribution in [3.63, 3.8) is 0 Å². The third kappa shape index (κ3) is 3.63. The highest BCUT2D eigenvalue weighted by atomic mass is 32.1. The summed E-state index contributed by atoms with van der Waals surface area (Å²) in [4.78, 5) is 17.4. The number of benzene rings is 2. The van der Waals surface area contributed by atoms with E-state index in [0.717, 1.165) is 23.7 Å². The van der Waals surface area contributed by atoms with E-state index in [9.17, 15) is 4.79 Å². The van der Waals surface area contributed by atoms with Crippen molar-refractivity contribution in [2.75, 3.05) is 11.4 Å². The van der Waals surface area contributed by atoms with Crippen LogP contribution in [0.1, 0.15) is 23.0 Å². The molecule has 4 nitrogen and oxygen atoms in total. The van der Waals surface area contributed by atoms with Crippen LogP contribution in [0.5, 0.6) is 0 Å². The second kappa shape index (κ2) is 7.27. The molecule has 0 radical (unpaired) electrons. The molecule has 3 rings (SSSR count). The maximum Gasteiger partial charge on any atom is 0.355 e. The van der Waals surface area contributed by atoms with Crippen LogP contribution in [-0.2, 0) is 6.54 Å². The van der Waals surface area contributed by atoms with E-state index in [4.69, 9.17) is 5.11 Å². The number of nitrogens with zero attached hydrogens (tertiary/aromatic N) is 2. The summed E-state index contributed by atoms with van der Waals surface area (Å²) in [7, 11) is 0. The first-order valence-corrected chi connectivity index (χ1v) is 8.63. The Hall–Kier alpha value is -2.66. The SMILES string of the molecule is CCN(Cc1ccc(-c2nc(C(=O)O)cs2)cc1)c1ccccc1. The maximum absolute atomic E-state index is 10.9. The molecule has 24 heavy (non-hydrogen) atoms. The molecule has 5 heteroatoms. The standard InChI is InChI=1S/C19H18N2O2S/c1-2-21(16-6-4-3-5-7-16)12-14-8-10-15(11-9-14)18-20-17(13-24-18)19(22)23/h3-11,13H,2,12H2,1H3,(H,22,23). The van der Waals surface area contributed by atoms with Gasteiger partial charge >= 0.3 is 5.97 Å². The lowest BCUT2D eigenvalue weighted by molar-refractivity contribution is 0.0691. The predicted octanol–water partition coefficient (Wildman–Crippen LogP) is 4.53. The second-order valence-corrected chi connectivity index (χ2v) is 6.25. The molecule has 122 valence electrons. The normalized spacial score (nSPS) is 10.5. The van der Waals surface area contributed by atoms with E-state index in [2.05, 4.69) is 41.1 Å². The predicted molar refractivity (Wildman–Crippen MR) is 97.7 cm³/mol. The van der Waals surface area contributed by atoms with Crippen molar-refractivity contribution in [3.05, 3.63) is 71.2 Å². The van der Waals surface area contributed by atoms with E-state index in [-0.39, 0.29) is 5.69 Å². The number of carboxylic acids is 1. The fourth-order valence-electron chi connectivity index (χ4n) is 2.50. The number of aromatic carboxylic acids is 1. The Kier molecular flexibility index (Phi) is 4.91. The summed E-state index contributed by atoms with van der Waals surface area (Å²) in [5.74, 6) is -0.990. The largest absolute Gasteiger partial charge is 0.476 e. The maximum atomic E-state index is 10.9. The van der Waals surface area contributed by atoms with Crippen molar-refractivity contribution < 1.29 is 9.90 Å². The van der Waals surface area contributed by atoms with Gasteiger partial charge in [0, 0.05) is 29.7 Å². The van der Waals surface area contributed by atoms with Crippen molar-refractivity contribution in [1.82, 2.24) is 4.98 Å². The molecule has 3 aromatic rings. The number of carbonyl (C=O) groups is 1. The number of carboxylic acid groups (broad SMARTS) is 1. The van der Waals surface area contributed by atoms with Crippen molar-refractivity contribution >= 4 is 23.0 Å². The van der Waals surface area contributed by atoms with Gasteiger partial charge in [-0.05, 0) is 24.6 Å². The zero-order chi connectivity index (χ0) is 16.9. The molecule has 0 saturated carbocycles. The minimum atomic E-state index is -0.990. The van der Waals surface area contributed by atoms with Crippen LogP contribution in [0.3, 0.4) is 0 Å². The van der Waals surface area contributed by atoms with Crippen molar-refractivity contribution in [2.45, 2.75) is 13.5 Å². The highest BCUT2D eigenvalue weighted by molar-refractivity contribution is 7.13. The molecule has 0 spiro atoms. The first-order chi connectivity index (χ1) is 11.7. The Bertz CT molecular complexity index is 813. The van der Waals surface area contributed by atoms with Crippen LogP contribution in [0.15, 0.2) is 60.0 Å². The topological polar surface area (TPSA) is 53.4 Å². The van der Waals surface area contributed by atoms with E-state index in [0.29, 0.717) is 0 Å². The summed E-state index contributed by atoms with van der Waals surface area (Å²) in [6.45, 7) is 3.91. The lowest BCUT2D eigenvalue weighted by atomic mass is 10.1. The molecule has 0 unspecified atom stereocenters. The smallest absolute Gasteiger partial charge is 0.355 e. The van der Waals surface area contributed by atoms with E-state index >= 15 is 0 Å². The minimum absolute atomic E-state index is 0.0975. The number of hydrogen-bond donors (Lipinski definition) is 1. The van der Waals surface area contributed by atoms with Crippen LogP contribution in [-0.4, -0.2) is 22.6 Å². The van der Waals surface area contributed by atoms with Gasteiger partial charge in [-0.1, -0.05) is 42.5 Å². The quantitative estimate of drug-likeness (QED) is 0.717. The Balaban J connectivity index is 1.75. The van der Waals surface area contributed by atoms with Gasteiger partial charge in [0.2, 0.25) is 0 Å². The van der Waals surface area contributed by atoms with Gasteiger partial charge in [0.1, 0.15) is 5.01 Å². The molecule has 0 saturated heterocycles. The summed E-state index contributed by atoms with van der Waals surface area (Å²) in [5.41, 5.74) is 3.45. The average molecular weight is 338 g/mol.